The number of nitrogens with zero attached hydrogens (tertiary/aromatic N) is 1. The first-order chi connectivity index (χ1) is 13.9. The van der Waals surface area contributed by atoms with Crippen molar-refractivity contribution in [1.82, 2.24) is 9.62 Å². The number of amides is 1. The molecule has 2 aromatic carbocycles. The third-order valence-corrected chi connectivity index (χ3v) is 5.94. The minimum Gasteiger partial charge on any atom is -0.444 e. The Morgan fingerprint density at radius 3 is 2.41 bits per heavy atom. The number of rotatable bonds is 6. The van der Waals surface area contributed by atoms with Gasteiger partial charge in [0.2, 0.25) is 16.1 Å². The highest BCUT2D eigenvalue weighted by molar-refractivity contribution is 7.89. The van der Waals surface area contributed by atoms with Gasteiger partial charge in [0.05, 0.1) is 23.7 Å². The van der Waals surface area contributed by atoms with Gasteiger partial charge in [-0.15, -0.1) is 0 Å². The van der Waals surface area contributed by atoms with Crippen LogP contribution in [0.2, 0.25) is 0 Å². The first kappa shape index (κ1) is 21.0. The summed E-state index contributed by atoms with van der Waals surface area (Å²) in [5, 5.41) is 0. The zero-order valence-corrected chi connectivity index (χ0v) is 16.7. The van der Waals surface area contributed by atoms with Crippen LogP contribution in [0.5, 0.6) is 0 Å². The van der Waals surface area contributed by atoms with Gasteiger partial charge in [-0.2, -0.15) is 0 Å². The molecule has 0 aliphatic carbocycles. The van der Waals surface area contributed by atoms with Crippen LogP contribution in [-0.4, -0.2) is 58.5 Å². The van der Waals surface area contributed by atoms with Gasteiger partial charge in [0.1, 0.15) is 0 Å². The lowest BCUT2D eigenvalue weighted by Gasteiger charge is -2.30. The molecule has 0 aromatic heterocycles. The van der Waals surface area contributed by atoms with E-state index >= 15 is 0 Å². The average Bonchev–Trinajstić information content (AvgIpc) is 2.78. The van der Waals surface area contributed by atoms with E-state index in [-0.39, 0.29) is 16.4 Å². The van der Waals surface area contributed by atoms with Gasteiger partial charge in [-0.1, -0.05) is 36.4 Å². The Kier molecular flexibility index (Phi) is 6.63. The van der Waals surface area contributed by atoms with E-state index in [1.54, 1.807) is 35.2 Å². The fraction of sp³-hybridized carbons (Fsp3) is 0.300. The Labute approximate surface area is 169 Å². The monoisotopic (exact) mass is 418 g/mol. The smallest absolute Gasteiger partial charge is 0.339 e. The second kappa shape index (κ2) is 9.17. The van der Waals surface area contributed by atoms with Crippen LogP contribution in [0, 0.1) is 0 Å². The van der Waals surface area contributed by atoms with Crippen LogP contribution >= 0.6 is 0 Å². The summed E-state index contributed by atoms with van der Waals surface area (Å²) in [7, 11) is -2.43. The molecule has 1 atom stereocenters. The van der Waals surface area contributed by atoms with Crippen molar-refractivity contribution in [3.05, 3.63) is 65.7 Å². The standard InChI is InChI=1S/C20H22N2O6S/c1-21-29(25,26)17-9-5-8-16(14-17)20(24)28-18(15-6-3-2-4-7-15)19(23)22-10-12-27-13-11-22/h2-9,14,18,21H,10-13H2,1H3/t18-/m0/s1. The van der Waals surface area contributed by atoms with Crippen molar-refractivity contribution < 1.29 is 27.5 Å². The lowest BCUT2D eigenvalue weighted by Crippen LogP contribution is -2.44. The molecule has 0 radical (unpaired) electrons. The highest BCUT2D eigenvalue weighted by Crippen LogP contribution is 2.23. The number of hydrogen-bond acceptors (Lipinski definition) is 6. The van der Waals surface area contributed by atoms with Crippen LogP contribution in [0.15, 0.2) is 59.5 Å². The highest BCUT2D eigenvalue weighted by Gasteiger charge is 2.31. The SMILES string of the molecule is CNS(=O)(=O)c1cccc(C(=O)O[C@H](C(=O)N2CCOCC2)c2ccccc2)c1. The molecule has 1 aliphatic heterocycles. The number of ether oxygens (including phenoxy) is 2. The molecule has 154 valence electrons. The van der Waals surface area contributed by atoms with Crippen LogP contribution in [0.3, 0.4) is 0 Å². The van der Waals surface area contributed by atoms with Gasteiger partial charge in [0.15, 0.2) is 0 Å². The Morgan fingerprint density at radius 2 is 1.76 bits per heavy atom. The molecule has 0 unspecified atom stereocenters. The van der Waals surface area contributed by atoms with Crippen molar-refractivity contribution >= 4 is 21.9 Å². The molecule has 1 fully saturated rings. The number of carbonyl (C=O) groups is 2. The van der Waals surface area contributed by atoms with Gasteiger partial charge in [-0.3, -0.25) is 4.79 Å². The predicted molar refractivity (Wildman–Crippen MR) is 105 cm³/mol. The lowest BCUT2D eigenvalue weighted by molar-refractivity contribution is -0.145. The topological polar surface area (TPSA) is 102 Å². The summed E-state index contributed by atoms with van der Waals surface area (Å²) in [6.45, 7) is 1.67. The maximum absolute atomic E-state index is 13.0. The molecular weight excluding hydrogens is 396 g/mol. The Hall–Kier alpha value is -2.75. The van der Waals surface area contributed by atoms with Crippen molar-refractivity contribution in [3.63, 3.8) is 0 Å². The molecule has 1 aliphatic rings. The van der Waals surface area contributed by atoms with E-state index in [0.29, 0.717) is 31.9 Å². The first-order valence-electron chi connectivity index (χ1n) is 9.08. The van der Waals surface area contributed by atoms with Crippen molar-refractivity contribution in [1.29, 1.82) is 0 Å². The van der Waals surface area contributed by atoms with Crippen molar-refractivity contribution in [2.45, 2.75) is 11.0 Å². The highest BCUT2D eigenvalue weighted by atomic mass is 32.2. The lowest BCUT2D eigenvalue weighted by atomic mass is 10.1. The number of carbonyl (C=O) groups excluding carboxylic acids is 2. The van der Waals surface area contributed by atoms with Gasteiger partial charge in [-0.25, -0.2) is 17.9 Å². The molecule has 0 spiro atoms. The summed E-state index contributed by atoms with van der Waals surface area (Å²) < 4.78 is 37.0. The van der Waals surface area contributed by atoms with Gasteiger partial charge in [0, 0.05) is 18.7 Å². The average molecular weight is 418 g/mol. The summed E-state index contributed by atoms with van der Waals surface area (Å²) >= 11 is 0. The molecule has 1 heterocycles. The molecule has 1 saturated heterocycles. The Morgan fingerprint density at radius 1 is 1.07 bits per heavy atom. The summed E-state index contributed by atoms with van der Waals surface area (Å²) in [6, 6.07) is 14.2. The third-order valence-electron chi connectivity index (χ3n) is 4.52. The van der Waals surface area contributed by atoms with Crippen LogP contribution < -0.4 is 4.72 Å². The van der Waals surface area contributed by atoms with Crippen molar-refractivity contribution in [2.24, 2.45) is 0 Å². The molecule has 9 heteroatoms. The fourth-order valence-corrected chi connectivity index (χ4v) is 3.70. The molecule has 8 nitrogen and oxygen atoms in total. The number of esters is 1. The Balaban J connectivity index is 1.87. The van der Waals surface area contributed by atoms with Crippen molar-refractivity contribution in [3.8, 4) is 0 Å². The van der Waals surface area contributed by atoms with Crippen LogP contribution in [-0.2, 0) is 24.3 Å². The molecule has 0 saturated carbocycles. The van der Waals surface area contributed by atoms with E-state index < -0.39 is 22.1 Å². The summed E-state index contributed by atoms with van der Waals surface area (Å²) in [6.07, 6.45) is -1.13. The zero-order chi connectivity index (χ0) is 20.9. The summed E-state index contributed by atoms with van der Waals surface area (Å²) in [5.74, 6) is -1.12. The van der Waals surface area contributed by atoms with E-state index in [2.05, 4.69) is 4.72 Å². The summed E-state index contributed by atoms with van der Waals surface area (Å²) in [5.41, 5.74) is 0.577. The van der Waals surface area contributed by atoms with Gasteiger partial charge in [0.25, 0.3) is 5.91 Å². The number of hydrogen-bond donors (Lipinski definition) is 1. The third kappa shape index (κ3) is 5.00. The Bertz CT molecular complexity index is 971. The maximum atomic E-state index is 13.0. The molecule has 1 N–H and O–H groups in total. The fourth-order valence-electron chi connectivity index (χ4n) is 2.92. The maximum Gasteiger partial charge on any atom is 0.339 e. The van der Waals surface area contributed by atoms with Gasteiger partial charge in [-0.05, 0) is 25.2 Å². The van der Waals surface area contributed by atoms with Gasteiger partial charge >= 0.3 is 5.97 Å². The van der Waals surface area contributed by atoms with Crippen LogP contribution in [0.25, 0.3) is 0 Å². The largest absolute Gasteiger partial charge is 0.444 e. The number of morpholine rings is 1. The molecule has 3 rings (SSSR count). The normalized spacial score (nSPS) is 15.6. The molecule has 2 aromatic rings. The predicted octanol–water partition coefficient (Wildman–Crippen LogP) is 1.35. The van der Waals surface area contributed by atoms with Crippen molar-refractivity contribution in [2.75, 3.05) is 33.4 Å². The number of sulfonamides is 1. The summed E-state index contributed by atoms with van der Waals surface area (Å²) in [4.78, 5) is 27.3. The molecular formula is C20H22N2O6S. The molecule has 29 heavy (non-hydrogen) atoms. The second-order valence-corrected chi connectivity index (χ2v) is 8.26. The molecule has 0 bridgehead atoms. The zero-order valence-electron chi connectivity index (χ0n) is 15.9. The first-order valence-corrected chi connectivity index (χ1v) is 10.6. The van der Waals surface area contributed by atoms with Crippen LogP contribution in [0.4, 0.5) is 0 Å². The van der Waals surface area contributed by atoms with Gasteiger partial charge < -0.3 is 14.4 Å². The molecule has 1 amide bonds. The quantitative estimate of drug-likeness (QED) is 0.711. The van der Waals surface area contributed by atoms with E-state index in [0.717, 1.165) is 0 Å². The van der Waals surface area contributed by atoms with E-state index in [1.165, 1.54) is 31.3 Å². The number of benzene rings is 2. The minimum absolute atomic E-state index is 0.0389. The van der Waals surface area contributed by atoms with E-state index in [4.69, 9.17) is 9.47 Å². The second-order valence-electron chi connectivity index (χ2n) is 6.37. The van der Waals surface area contributed by atoms with Crippen LogP contribution in [0.1, 0.15) is 22.0 Å². The minimum atomic E-state index is -3.72. The van der Waals surface area contributed by atoms with E-state index in [1.807, 2.05) is 0 Å². The van der Waals surface area contributed by atoms with E-state index in [9.17, 15) is 18.0 Å². The number of nitrogens with one attached hydrogen (secondary N) is 1.